The lowest BCUT2D eigenvalue weighted by Gasteiger charge is -2.17. The normalized spacial score (nSPS) is 11.8. The van der Waals surface area contributed by atoms with Crippen LogP contribution in [0.25, 0.3) is 0 Å². The van der Waals surface area contributed by atoms with E-state index in [2.05, 4.69) is 27.3 Å². The Morgan fingerprint density at radius 1 is 1.25 bits per heavy atom. The third kappa shape index (κ3) is 3.17. The van der Waals surface area contributed by atoms with Crippen LogP contribution in [0.4, 0.5) is 10.1 Å². The van der Waals surface area contributed by atoms with Crippen LogP contribution in [-0.4, -0.2) is 0 Å². The van der Waals surface area contributed by atoms with Crippen LogP contribution in [0.15, 0.2) is 40.9 Å². The molecular formula is C16H14BrFN2. The highest BCUT2D eigenvalue weighted by molar-refractivity contribution is 9.10. The van der Waals surface area contributed by atoms with Gasteiger partial charge in [0.25, 0.3) is 0 Å². The minimum atomic E-state index is -0.217. The summed E-state index contributed by atoms with van der Waals surface area (Å²) in [6, 6.07) is 12.6. The molecule has 4 heteroatoms. The van der Waals surface area contributed by atoms with Gasteiger partial charge >= 0.3 is 0 Å². The van der Waals surface area contributed by atoms with E-state index < -0.39 is 0 Å². The zero-order chi connectivity index (χ0) is 14.7. The molecule has 0 aliphatic rings. The molecule has 0 spiro atoms. The van der Waals surface area contributed by atoms with Gasteiger partial charge in [-0.2, -0.15) is 5.26 Å². The Hall–Kier alpha value is -1.86. The van der Waals surface area contributed by atoms with Crippen LogP contribution in [0.3, 0.4) is 0 Å². The summed E-state index contributed by atoms with van der Waals surface area (Å²) in [7, 11) is 0. The number of hydrogen-bond acceptors (Lipinski definition) is 2. The maximum absolute atomic E-state index is 13.6. The second kappa shape index (κ2) is 6.06. The van der Waals surface area contributed by atoms with E-state index in [0.717, 1.165) is 15.7 Å². The van der Waals surface area contributed by atoms with Gasteiger partial charge in [-0.1, -0.05) is 28.1 Å². The summed E-state index contributed by atoms with van der Waals surface area (Å²) in [4.78, 5) is 0. The number of aryl methyl sites for hydroxylation is 1. The lowest BCUT2D eigenvalue weighted by molar-refractivity contribution is 0.614. The summed E-state index contributed by atoms with van der Waals surface area (Å²) in [6.45, 7) is 3.67. The predicted octanol–water partition coefficient (Wildman–Crippen LogP) is 4.94. The zero-order valence-corrected chi connectivity index (χ0v) is 12.8. The highest BCUT2D eigenvalue weighted by atomic mass is 79.9. The molecule has 1 atom stereocenters. The molecule has 1 unspecified atom stereocenters. The smallest absolute Gasteiger partial charge is 0.126 e. The van der Waals surface area contributed by atoms with E-state index >= 15 is 0 Å². The molecule has 0 saturated heterocycles. The molecule has 102 valence electrons. The minimum absolute atomic E-state index is 0.0912. The largest absolute Gasteiger partial charge is 0.377 e. The number of nitrogens with one attached hydrogen (secondary N) is 1. The molecule has 1 N–H and O–H groups in total. The molecule has 2 rings (SSSR count). The molecule has 0 aliphatic heterocycles. The Morgan fingerprint density at radius 3 is 2.65 bits per heavy atom. The van der Waals surface area contributed by atoms with Gasteiger partial charge in [-0.15, -0.1) is 0 Å². The highest BCUT2D eigenvalue weighted by Crippen LogP contribution is 2.26. The average molecular weight is 333 g/mol. The van der Waals surface area contributed by atoms with E-state index in [1.165, 1.54) is 6.07 Å². The van der Waals surface area contributed by atoms with Crippen molar-refractivity contribution in [1.82, 2.24) is 0 Å². The van der Waals surface area contributed by atoms with Gasteiger partial charge in [0, 0.05) is 10.5 Å². The molecule has 20 heavy (non-hydrogen) atoms. The van der Waals surface area contributed by atoms with Crippen LogP contribution < -0.4 is 5.32 Å². The van der Waals surface area contributed by atoms with Crippen molar-refractivity contribution in [3.05, 3.63) is 63.4 Å². The number of benzene rings is 2. The fourth-order valence-corrected chi connectivity index (χ4v) is 2.29. The lowest BCUT2D eigenvalue weighted by atomic mass is 10.0. The van der Waals surface area contributed by atoms with Crippen molar-refractivity contribution in [3.8, 4) is 6.07 Å². The first-order valence-corrected chi connectivity index (χ1v) is 7.03. The molecule has 0 amide bonds. The monoisotopic (exact) mass is 332 g/mol. The molecule has 0 aliphatic carbocycles. The Labute approximate surface area is 126 Å². The van der Waals surface area contributed by atoms with E-state index in [4.69, 9.17) is 5.26 Å². The van der Waals surface area contributed by atoms with Crippen LogP contribution in [0.5, 0.6) is 0 Å². The summed E-state index contributed by atoms with van der Waals surface area (Å²) in [5, 5.41) is 12.4. The Morgan fingerprint density at radius 2 is 2.00 bits per heavy atom. The van der Waals surface area contributed by atoms with Gasteiger partial charge in [0.15, 0.2) is 0 Å². The van der Waals surface area contributed by atoms with Crippen LogP contribution in [0.1, 0.15) is 29.7 Å². The molecule has 0 aromatic heterocycles. The van der Waals surface area contributed by atoms with Crippen LogP contribution >= 0.6 is 15.9 Å². The SMILES string of the molecule is Cc1ccc(C(C)Nc2cc(Br)ccc2C#N)cc1F. The second-order valence-corrected chi connectivity index (χ2v) is 5.59. The third-order valence-corrected chi connectivity index (χ3v) is 3.66. The van der Waals surface area contributed by atoms with Gasteiger partial charge < -0.3 is 5.32 Å². The second-order valence-electron chi connectivity index (χ2n) is 4.68. The first-order valence-electron chi connectivity index (χ1n) is 6.23. The number of nitriles is 1. The first-order chi connectivity index (χ1) is 9.51. The number of rotatable bonds is 3. The molecule has 2 aromatic carbocycles. The molecule has 2 aromatic rings. The molecular weight excluding hydrogens is 319 g/mol. The predicted molar refractivity (Wildman–Crippen MR) is 82.0 cm³/mol. The highest BCUT2D eigenvalue weighted by Gasteiger charge is 2.10. The van der Waals surface area contributed by atoms with Gasteiger partial charge in [0.2, 0.25) is 0 Å². The van der Waals surface area contributed by atoms with E-state index in [-0.39, 0.29) is 11.9 Å². The number of halogens is 2. The van der Waals surface area contributed by atoms with Crippen molar-refractivity contribution >= 4 is 21.6 Å². The summed E-state index contributed by atoms with van der Waals surface area (Å²) in [5.74, 6) is -0.217. The molecule has 0 fully saturated rings. The minimum Gasteiger partial charge on any atom is -0.377 e. The number of nitrogens with zero attached hydrogens (tertiary/aromatic N) is 1. The van der Waals surface area contributed by atoms with Gasteiger partial charge in [0.05, 0.1) is 11.3 Å². The Balaban J connectivity index is 2.27. The van der Waals surface area contributed by atoms with E-state index in [1.54, 1.807) is 19.1 Å². The van der Waals surface area contributed by atoms with Crippen molar-refractivity contribution < 1.29 is 4.39 Å². The quantitative estimate of drug-likeness (QED) is 0.863. The van der Waals surface area contributed by atoms with Crippen LogP contribution in [-0.2, 0) is 0 Å². The Bertz CT molecular complexity index is 677. The topological polar surface area (TPSA) is 35.8 Å². The molecule has 0 saturated carbocycles. The fourth-order valence-electron chi connectivity index (χ4n) is 1.93. The van der Waals surface area contributed by atoms with Gasteiger partial charge in [0.1, 0.15) is 11.9 Å². The van der Waals surface area contributed by atoms with Crippen molar-refractivity contribution in [2.24, 2.45) is 0 Å². The lowest BCUT2D eigenvalue weighted by Crippen LogP contribution is -2.08. The van der Waals surface area contributed by atoms with Crippen LogP contribution in [0, 0.1) is 24.1 Å². The van der Waals surface area contributed by atoms with E-state index in [0.29, 0.717) is 11.1 Å². The number of hydrogen-bond donors (Lipinski definition) is 1. The summed E-state index contributed by atoms with van der Waals surface area (Å²) in [6.07, 6.45) is 0. The zero-order valence-electron chi connectivity index (χ0n) is 11.2. The van der Waals surface area contributed by atoms with Gasteiger partial charge in [-0.05, 0) is 49.2 Å². The van der Waals surface area contributed by atoms with Crippen molar-refractivity contribution in [2.45, 2.75) is 19.9 Å². The van der Waals surface area contributed by atoms with Crippen molar-refractivity contribution in [3.63, 3.8) is 0 Å². The van der Waals surface area contributed by atoms with Gasteiger partial charge in [-0.25, -0.2) is 4.39 Å². The molecule has 2 nitrogen and oxygen atoms in total. The molecule has 0 radical (unpaired) electrons. The number of anilines is 1. The summed E-state index contributed by atoms with van der Waals surface area (Å²) < 4.78 is 14.5. The fraction of sp³-hybridized carbons (Fsp3) is 0.188. The van der Waals surface area contributed by atoms with Gasteiger partial charge in [-0.3, -0.25) is 0 Å². The summed E-state index contributed by atoms with van der Waals surface area (Å²) >= 11 is 3.38. The average Bonchev–Trinajstić information content (AvgIpc) is 2.42. The maximum atomic E-state index is 13.6. The third-order valence-electron chi connectivity index (χ3n) is 3.17. The van der Waals surface area contributed by atoms with Crippen molar-refractivity contribution in [1.29, 1.82) is 5.26 Å². The molecule has 0 heterocycles. The van der Waals surface area contributed by atoms with Crippen LogP contribution in [0.2, 0.25) is 0 Å². The standard InChI is InChI=1S/C16H14BrFN2/c1-10-3-4-12(7-15(10)18)11(2)20-16-8-14(17)6-5-13(16)9-19/h3-8,11,20H,1-2H3. The van der Waals surface area contributed by atoms with E-state index in [1.807, 2.05) is 25.1 Å². The molecule has 0 bridgehead atoms. The van der Waals surface area contributed by atoms with Crippen molar-refractivity contribution in [2.75, 3.05) is 5.32 Å². The maximum Gasteiger partial charge on any atom is 0.126 e. The Kier molecular flexibility index (Phi) is 4.41. The van der Waals surface area contributed by atoms with E-state index in [9.17, 15) is 4.39 Å². The summed E-state index contributed by atoms with van der Waals surface area (Å²) in [5.41, 5.74) is 2.76. The first kappa shape index (κ1) is 14.5.